The van der Waals surface area contributed by atoms with Gasteiger partial charge in [-0.15, -0.1) is 11.3 Å². The smallest absolute Gasteiger partial charge is 0.335 e. The molecule has 0 amide bonds. The third-order valence-electron chi connectivity index (χ3n) is 3.78. The van der Waals surface area contributed by atoms with Gasteiger partial charge in [0.15, 0.2) is 0 Å². The van der Waals surface area contributed by atoms with Crippen LogP contribution in [0.3, 0.4) is 0 Å². The van der Waals surface area contributed by atoms with Crippen LogP contribution in [-0.2, 0) is 13.0 Å². The molecule has 0 radical (unpaired) electrons. The molecular weight excluding hydrogens is 270 g/mol. The largest absolute Gasteiger partial charge is 0.478 e. The fraction of sp³-hybridized carbons (Fsp3) is 0.312. The molecule has 1 aromatic carbocycles. The van der Waals surface area contributed by atoms with Crippen LogP contribution in [0.4, 0.5) is 0 Å². The Bertz CT molecular complexity index is 620. The summed E-state index contributed by atoms with van der Waals surface area (Å²) in [6.45, 7) is 0.709. The van der Waals surface area contributed by atoms with E-state index in [9.17, 15) is 4.79 Å². The molecule has 0 spiro atoms. The molecule has 0 fully saturated rings. The highest BCUT2D eigenvalue weighted by atomic mass is 32.1. The number of rotatable bonds is 4. The van der Waals surface area contributed by atoms with Gasteiger partial charge >= 0.3 is 5.97 Å². The maximum Gasteiger partial charge on any atom is 0.335 e. The van der Waals surface area contributed by atoms with E-state index in [1.54, 1.807) is 18.2 Å². The van der Waals surface area contributed by atoms with Gasteiger partial charge in [0.1, 0.15) is 0 Å². The lowest BCUT2D eigenvalue weighted by molar-refractivity contribution is 0.0696. The van der Waals surface area contributed by atoms with Crippen LogP contribution >= 0.6 is 11.3 Å². The lowest BCUT2D eigenvalue weighted by Crippen LogP contribution is -2.23. The number of carbonyl (C=O) groups is 1. The maximum absolute atomic E-state index is 11.0. The third kappa shape index (κ3) is 2.76. The van der Waals surface area contributed by atoms with Crippen molar-refractivity contribution in [3.63, 3.8) is 0 Å². The highest BCUT2D eigenvalue weighted by Crippen LogP contribution is 2.33. The van der Waals surface area contributed by atoms with Gasteiger partial charge in [0.25, 0.3) is 0 Å². The Hall–Kier alpha value is -1.65. The number of carboxylic acids is 1. The second kappa shape index (κ2) is 5.77. The van der Waals surface area contributed by atoms with E-state index in [-0.39, 0.29) is 0 Å². The summed E-state index contributed by atoms with van der Waals surface area (Å²) in [5.41, 5.74) is 2.80. The van der Waals surface area contributed by atoms with Gasteiger partial charge in [-0.1, -0.05) is 12.1 Å². The first-order valence-electron chi connectivity index (χ1n) is 6.86. The normalized spacial score (nSPS) is 17.7. The molecule has 20 heavy (non-hydrogen) atoms. The fourth-order valence-corrected chi connectivity index (χ4v) is 3.74. The molecule has 3 nitrogen and oxygen atoms in total. The Labute approximate surface area is 122 Å². The van der Waals surface area contributed by atoms with E-state index in [1.165, 1.54) is 23.3 Å². The minimum absolute atomic E-state index is 0.351. The molecule has 1 aliphatic rings. The average Bonchev–Trinajstić information content (AvgIpc) is 2.94. The van der Waals surface area contributed by atoms with Crippen LogP contribution < -0.4 is 5.32 Å². The SMILES string of the molecule is O=C(O)c1cccc(CNC2CCCc3sccc32)c1. The molecule has 1 unspecified atom stereocenters. The number of thiophene rings is 1. The van der Waals surface area contributed by atoms with E-state index in [4.69, 9.17) is 5.11 Å². The van der Waals surface area contributed by atoms with Crippen molar-refractivity contribution in [1.82, 2.24) is 5.32 Å². The van der Waals surface area contributed by atoms with E-state index in [0.29, 0.717) is 18.2 Å². The monoisotopic (exact) mass is 287 g/mol. The first-order chi connectivity index (χ1) is 9.74. The van der Waals surface area contributed by atoms with Crippen LogP contribution in [-0.4, -0.2) is 11.1 Å². The quantitative estimate of drug-likeness (QED) is 0.903. The number of aromatic carboxylic acids is 1. The van der Waals surface area contributed by atoms with Crippen LogP contribution in [0.25, 0.3) is 0 Å². The summed E-state index contributed by atoms with van der Waals surface area (Å²) in [7, 11) is 0. The maximum atomic E-state index is 11.0. The molecule has 2 aromatic rings. The predicted octanol–water partition coefficient (Wildman–Crippen LogP) is 3.61. The fourth-order valence-electron chi connectivity index (χ4n) is 2.75. The summed E-state index contributed by atoms with van der Waals surface area (Å²) in [6.07, 6.45) is 3.57. The van der Waals surface area contributed by atoms with Crippen LogP contribution in [0.15, 0.2) is 35.7 Å². The lowest BCUT2D eigenvalue weighted by Gasteiger charge is -2.24. The minimum atomic E-state index is -0.871. The lowest BCUT2D eigenvalue weighted by atomic mass is 9.94. The summed E-state index contributed by atoms with van der Waals surface area (Å²) in [5.74, 6) is -0.871. The minimum Gasteiger partial charge on any atom is -0.478 e. The number of benzene rings is 1. The second-order valence-electron chi connectivity index (χ2n) is 5.13. The molecule has 1 atom stereocenters. The van der Waals surface area contributed by atoms with Crippen LogP contribution in [0, 0.1) is 0 Å². The molecule has 104 valence electrons. The standard InChI is InChI=1S/C16H17NO2S/c18-16(19)12-4-1-3-11(9-12)10-17-14-5-2-6-15-13(14)7-8-20-15/h1,3-4,7-9,14,17H,2,5-6,10H2,(H,18,19). The zero-order valence-corrected chi connectivity index (χ0v) is 12.0. The molecule has 3 rings (SSSR count). The Balaban J connectivity index is 1.69. The Kier molecular flexibility index (Phi) is 3.85. The molecule has 0 saturated heterocycles. The van der Waals surface area contributed by atoms with Crippen molar-refractivity contribution in [2.45, 2.75) is 31.8 Å². The van der Waals surface area contributed by atoms with E-state index in [2.05, 4.69) is 16.8 Å². The zero-order valence-electron chi connectivity index (χ0n) is 11.1. The summed E-state index contributed by atoms with van der Waals surface area (Å²) in [5, 5.41) is 14.7. The van der Waals surface area contributed by atoms with Crippen LogP contribution in [0.2, 0.25) is 0 Å². The summed E-state index contributed by atoms with van der Waals surface area (Å²) in [4.78, 5) is 12.5. The summed E-state index contributed by atoms with van der Waals surface area (Å²) in [6, 6.07) is 9.76. The predicted molar refractivity (Wildman–Crippen MR) is 80.2 cm³/mol. The number of hydrogen-bond donors (Lipinski definition) is 2. The van der Waals surface area contributed by atoms with Crippen molar-refractivity contribution in [2.75, 3.05) is 0 Å². The number of aryl methyl sites for hydroxylation is 1. The molecule has 1 heterocycles. The van der Waals surface area contributed by atoms with Crippen molar-refractivity contribution in [3.8, 4) is 0 Å². The van der Waals surface area contributed by atoms with Crippen molar-refractivity contribution in [2.24, 2.45) is 0 Å². The second-order valence-corrected chi connectivity index (χ2v) is 6.13. The number of carboxylic acid groups (broad SMARTS) is 1. The molecule has 4 heteroatoms. The van der Waals surface area contributed by atoms with Crippen molar-refractivity contribution in [3.05, 3.63) is 57.3 Å². The van der Waals surface area contributed by atoms with Gasteiger partial charge in [-0.05, 0) is 54.0 Å². The number of hydrogen-bond acceptors (Lipinski definition) is 3. The van der Waals surface area contributed by atoms with Gasteiger partial charge in [0, 0.05) is 17.5 Å². The molecular formula is C16H17NO2S. The highest BCUT2D eigenvalue weighted by molar-refractivity contribution is 7.10. The molecule has 0 aliphatic heterocycles. The first kappa shape index (κ1) is 13.3. The molecule has 2 N–H and O–H groups in total. The molecule has 0 bridgehead atoms. The number of nitrogens with one attached hydrogen (secondary N) is 1. The Morgan fingerprint density at radius 3 is 3.15 bits per heavy atom. The van der Waals surface area contributed by atoms with Gasteiger partial charge in [-0.3, -0.25) is 0 Å². The van der Waals surface area contributed by atoms with Crippen LogP contribution in [0.1, 0.15) is 45.2 Å². The van der Waals surface area contributed by atoms with E-state index in [0.717, 1.165) is 12.0 Å². The Morgan fingerprint density at radius 2 is 2.30 bits per heavy atom. The van der Waals surface area contributed by atoms with Crippen LogP contribution in [0.5, 0.6) is 0 Å². The molecule has 1 aromatic heterocycles. The van der Waals surface area contributed by atoms with Gasteiger partial charge in [-0.25, -0.2) is 4.79 Å². The van der Waals surface area contributed by atoms with E-state index >= 15 is 0 Å². The highest BCUT2D eigenvalue weighted by Gasteiger charge is 2.20. The van der Waals surface area contributed by atoms with E-state index < -0.39 is 5.97 Å². The Morgan fingerprint density at radius 1 is 1.40 bits per heavy atom. The average molecular weight is 287 g/mol. The molecule has 0 saturated carbocycles. The van der Waals surface area contributed by atoms with Gasteiger partial charge in [0.2, 0.25) is 0 Å². The van der Waals surface area contributed by atoms with E-state index in [1.807, 2.05) is 17.4 Å². The first-order valence-corrected chi connectivity index (χ1v) is 7.74. The van der Waals surface area contributed by atoms with Gasteiger partial charge in [-0.2, -0.15) is 0 Å². The zero-order chi connectivity index (χ0) is 13.9. The summed E-state index contributed by atoms with van der Waals surface area (Å²) >= 11 is 1.84. The van der Waals surface area contributed by atoms with Crippen molar-refractivity contribution < 1.29 is 9.90 Å². The number of fused-ring (bicyclic) bond motifs is 1. The van der Waals surface area contributed by atoms with Crippen molar-refractivity contribution >= 4 is 17.3 Å². The molecule has 1 aliphatic carbocycles. The third-order valence-corrected chi connectivity index (χ3v) is 4.77. The van der Waals surface area contributed by atoms with Gasteiger partial charge < -0.3 is 10.4 Å². The van der Waals surface area contributed by atoms with Crippen molar-refractivity contribution in [1.29, 1.82) is 0 Å². The topological polar surface area (TPSA) is 49.3 Å². The summed E-state index contributed by atoms with van der Waals surface area (Å²) < 4.78 is 0. The van der Waals surface area contributed by atoms with Gasteiger partial charge in [0.05, 0.1) is 5.56 Å².